The Balaban J connectivity index is 1.42. The van der Waals surface area contributed by atoms with Crippen LogP contribution in [0.1, 0.15) is 21.6 Å². The minimum absolute atomic E-state index is 0.155. The first-order chi connectivity index (χ1) is 13.2. The standard InChI is InChI=1S/C20H21N3OS3/c1-14-11-15(12-23-6-9-25-10-7-23)4-5-16(14)21-19(24)17-13-27-20(22-17)18-3-2-8-26-18/h2-5,8,11,13H,6-7,9-10,12H2,1H3,(H,21,24). The maximum Gasteiger partial charge on any atom is 0.275 e. The van der Waals surface area contributed by atoms with Crippen molar-refractivity contribution in [3.8, 4) is 9.88 Å². The molecule has 0 saturated carbocycles. The molecule has 7 heteroatoms. The van der Waals surface area contributed by atoms with Crippen LogP contribution in [0.2, 0.25) is 0 Å². The summed E-state index contributed by atoms with van der Waals surface area (Å²) in [5.41, 5.74) is 3.70. The van der Waals surface area contributed by atoms with Crippen LogP contribution in [0.5, 0.6) is 0 Å². The van der Waals surface area contributed by atoms with Gasteiger partial charge >= 0.3 is 0 Å². The average Bonchev–Trinajstić information content (AvgIpc) is 3.36. The smallest absolute Gasteiger partial charge is 0.275 e. The second kappa shape index (κ2) is 8.56. The number of nitrogens with zero attached hydrogens (tertiary/aromatic N) is 2. The van der Waals surface area contributed by atoms with E-state index >= 15 is 0 Å². The molecule has 1 aromatic carbocycles. The Kier molecular flexibility index (Phi) is 5.92. The lowest BCUT2D eigenvalue weighted by atomic mass is 10.1. The Morgan fingerprint density at radius 2 is 2.07 bits per heavy atom. The lowest BCUT2D eigenvalue weighted by molar-refractivity contribution is 0.102. The van der Waals surface area contributed by atoms with E-state index < -0.39 is 0 Å². The summed E-state index contributed by atoms with van der Waals surface area (Å²) in [5.74, 6) is 2.28. The van der Waals surface area contributed by atoms with Crippen LogP contribution in [-0.4, -0.2) is 40.4 Å². The Morgan fingerprint density at radius 3 is 2.81 bits per heavy atom. The molecule has 0 aliphatic carbocycles. The van der Waals surface area contributed by atoms with Gasteiger partial charge in [-0.1, -0.05) is 18.2 Å². The summed E-state index contributed by atoms with van der Waals surface area (Å²) in [5, 5.41) is 7.74. The molecule has 27 heavy (non-hydrogen) atoms. The van der Waals surface area contributed by atoms with Gasteiger partial charge in [-0.15, -0.1) is 22.7 Å². The summed E-state index contributed by atoms with van der Waals surface area (Å²) >= 11 is 5.16. The van der Waals surface area contributed by atoms with Crippen LogP contribution >= 0.6 is 34.4 Å². The molecule has 0 unspecified atom stereocenters. The number of thioether (sulfide) groups is 1. The van der Waals surface area contributed by atoms with E-state index in [2.05, 4.69) is 27.3 Å². The average molecular weight is 416 g/mol. The summed E-state index contributed by atoms with van der Waals surface area (Å²) in [7, 11) is 0. The number of carbonyl (C=O) groups is 1. The molecular weight excluding hydrogens is 394 g/mol. The molecule has 4 rings (SSSR count). The molecule has 2 aromatic heterocycles. The highest BCUT2D eigenvalue weighted by Gasteiger charge is 2.15. The molecule has 0 bridgehead atoms. The molecule has 0 atom stereocenters. The second-order valence-electron chi connectivity index (χ2n) is 6.51. The number of carbonyl (C=O) groups excluding carboxylic acids is 1. The van der Waals surface area contributed by atoms with Crippen LogP contribution in [-0.2, 0) is 6.54 Å². The van der Waals surface area contributed by atoms with Crippen molar-refractivity contribution in [2.45, 2.75) is 13.5 Å². The maximum absolute atomic E-state index is 12.6. The van der Waals surface area contributed by atoms with Crippen LogP contribution < -0.4 is 5.32 Å². The molecule has 3 heterocycles. The van der Waals surface area contributed by atoms with Crippen molar-refractivity contribution in [2.75, 3.05) is 29.9 Å². The first-order valence-electron chi connectivity index (χ1n) is 8.89. The fourth-order valence-corrected chi connectivity index (χ4v) is 5.65. The number of nitrogens with one attached hydrogen (secondary N) is 1. The van der Waals surface area contributed by atoms with E-state index in [9.17, 15) is 4.79 Å². The van der Waals surface area contributed by atoms with E-state index in [0.717, 1.165) is 40.8 Å². The number of rotatable bonds is 5. The fourth-order valence-electron chi connectivity index (χ4n) is 3.06. The van der Waals surface area contributed by atoms with E-state index in [0.29, 0.717) is 5.69 Å². The predicted molar refractivity (Wildman–Crippen MR) is 117 cm³/mol. The summed E-state index contributed by atoms with van der Waals surface area (Å²) < 4.78 is 0. The van der Waals surface area contributed by atoms with Gasteiger partial charge in [-0.3, -0.25) is 9.69 Å². The normalized spacial score (nSPS) is 15.0. The fraction of sp³-hybridized carbons (Fsp3) is 0.300. The van der Waals surface area contributed by atoms with Gasteiger partial charge in [0, 0.05) is 42.2 Å². The summed E-state index contributed by atoms with van der Waals surface area (Å²) in [6.07, 6.45) is 0. The number of thiazole rings is 1. The first-order valence-corrected chi connectivity index (χ1v) is 11.8. The zero-order valence-electron chi connectivity index (χ0n) is 15.1. The molecule has 1 fully saturated rings. The molecule has 0 spiro atoms. The molecule has 3 aromatic rings. The lowest BCUT2D eigenvalue weighted by Crippen LogP contribution is -2.31. The number of aryl methyl sites for hydroxylation is 1. The largest absolute Gasteiger partial charge is 0.320 e. The summed E-state index contributed by atoms with van der Waals surface area (Å²) in [4.78, 5) is 20.6. The van der Waals surface area contributed by atoms with Gasteiger partial charge in [-0.2, -0.15) is 11.8 Å². The second-order valence-corrected chi connectivity index (χ2v) is 9.54. The number of aromatic nitrogens is 1. The molecule has 1 amide bonds. The summed E-state index contributed by atoms with van der Waals surface area (Å²) in [6, 6.07) is 10.3. The molecule has 0 radical (unpaired) electrons. The monoisotopic (exact) mass is 415 g/mol. The van der Waals surface area contributed by atoms with Gasteiger partial charge in [0.2, 0.25) is 0 Å². The predicted octanol–water partition coefficient (Wildman–Crippen LogP) is 4.98. The highest BCUT2D eigenvalue weighted by Crippen LogP contribution is 2.28. The first kappa shape index (κ1) is 18.7. The van der Waals surface area contributed by atoms with Gasteiger partial charge in [0.05, 0.1) is 4.88 Å². The van der Waals surface area contributed by atoms with Crippen LogP contribution in [0.15, 0.2) is 41.1 Å². The van der Waals surface area contributed by atoms with Crippen molar-refractivity contribution in [2.24, 2.45) is 0 Å². The van der Waals surface area contributed by atoms with Crippen molar-refractivity contribution in [3.63, 3.8) is 0 Å². The van der Waals surface area contributed by atoms with Gasteiger partial charge in [0.15, 0.2) is 0 Å². The van der Waals surface area contributed by atoms with Crippen LogP contribution in [0.4, 0.5) is 5.69 Å². The van der Waals surface area contributed by atoms with E-state index in [-0.39, 0.29) is 5.91 Å². The van der Waals surface area contributed by atoms with E-state index in [1.165, 1.54) is 28.4 Å². The number of anilines is 1. The van der Waals surface area contributed by atoms with Crippen molar-refractivity contribution in [1.29, 1.82) is 0 Å². The van der Waals surface area contributed by atoms with E-state index in [4.69, 9.17) is 0 Å². The lowest BCUT2D eigenvalue weighted by Gasteiger charge is -2.26. The van der Waals surface area contributed by atoms with Crippen LogP contribution in [0, 0.1) is 6.92 Å². The molecule has 1 saturated heterocycles. The third-order valence-electron chi connectivity index (χ3n) is 4.52. The van der Waals surface area contributed by atoms with Crippen LogP contribution in [0.3, 0.4) is 0 Å². The van der Waals surface area contributed by atoms with Crippen molar-refractivity contribution in [3.05, 3.63) is 57.9 Å². The van der Waals surface area contributed by atoms with Gasteiger partial charge in [-0.25, -0.2) is 4.98 Å². The molecular formula is C20H21N3OS3. The summed E-state index contributed by atoms with van der Waals surface area (Å²) in [6.45, 7) is 5.33. The van der Waals surface area contributed by atoms with Crippen LogP contribution in [0.25, 0.3) is 9.88 Å². The third kappa shape index (κ3) is 4.60. The molecule has 1 aliphatic heterocycles. The van der Waals surface area contributed by atoms with Crippen molar-refractivity contribution < 1.29 is 4.79 Å². The van der Waals surface area contributed by atoms with Gasteiger partial charge in [0.25, 0.3) is 5.91 Å². The Labute approximate surface area is 171 Å². The highest BCUT2D eigenvalue weighted by molar-refractivity contribution is 7.99. The number of amides is 1. The van der Waals surface area contributed by atoms with Gasteiger partial charge < -0.3 is 5.32 Å². The molecule has 1 N–H and O–H groups in total. The topological polar surface area (TPSA) is 45.2 Å². The highest BCUT2D eigenvalue weighted by atomic mass is 32.2. The van der Waals surface area contributed by atoms with Gasteiger partial charge in [-0.05, 0) is 35.6 Å². The number of thiophene rings is 1. The SMILES string of the molecule is Cc1cc(CN2CCSCC2)ccc1NC(=O)c1csc(-c2cccs2)n1. The number of benzene rings is 1. The Bertz CT molecular complexity index is 914. The number of hydrogen-bond acceptors (Lipinski definition) is 6. The van der Waals surface area contributed by atoms with E-state index in [1.54, 1.807) is 11.3 Å². The molecule has 4 nitrogen and oxygen atoms in total. The minimum Gasteiger partial charge on any atom is -0.320 e. The zero-order valence-corrected chi connectivity index (χ0v) is 17.6. The van der Waals surface area contributed by atoms with E-state index in [1.807, 2.05) is 47.6 Å². The molecule has 140 valence electrons. The Morgan fingerprint density at radius 1 is 1.22 bits per heavy atom. The zero-order chi connectivity index (χ0) is 18.6. The quantitative estimate of drug-likeness (QED) is 0.638. The van der Waals surface area contributed by atoms with Crippen molar-refractivity contribution >= 4 is 46.0 Å². The third-order valence-corrected chi connectivity index (χ3v) is 7.34. The number of hydrogen-bond donors (Lipinski definition) is 1. The molecule has 1 aliphatic rings. The van der Waals surface area contributed by atoms with Gasteiger partial charge in [0.1, 0.15) is 10.7 Å². The van der Waals surface area contributed by atoms with Crippen molar-refractivity contribution in [1.82, 2.24) is 9.88 Å². The minimum atomic E-state index is -0.155. The maximum atomic E-state index is 12.6. The Hall–Kier alpha value is -1.67.